The molecular weight excluding hydrogens is 343 g/mol. The number of carbonyl (C=O) groups excluding carboxylic acids is 1. The highest BCUT2D eigenvalue weighted by Crippen LogP contribution is 2.22. The molecule has 3 heterocycles. The fourth-order valence-electron chi connectivity index (χ4n) is 4.13. The first-order valence-electron chi connectivity index (χ1n) is 9.97. The van der Waals surface area contributed by atoms with Gasteiger partial charge in [-0.2, -0.15) is 5.10 Å². The van der Waals surface area contributed by atoms with Gasteiger partial charge in [0.05, 0.1) is 11.9 Å². The molecule has 2 fully saturated rings. The number of likely N-dealkylation sites (tertiary alicyclic amines) is 2. The van der Waals surface area contributed by atoms with E-state index in [9.17, 15) is 9.18 Å². The van der Waals surface area contributed by atoms with Crippen LogP contribution in [0.5, 0.6) is 0 Å². The molecule has 2 aliphatic rings. The van der Waals surface area contributed by atoms with Crippen LogP contribution in [-0.4, -0.2) is 51.7 Å². The molecule has 1 aromatic heterocycles. The number of nitrogens with zero attached hydrogens (tertiary/aromatic N) is 4. The molecule has 0 unspecified atom stereocenters. The number of benzene rings is 1. The molecule has 0 radical (unpaired) electrons. The Bertz CT molecular complexity index is 765. The Labute approximate surface area is 159 Å². The Morgan fingerprint density at radius 1 is 1.07 bits per heavy atom. The molecule has 144 valence electrons. The zero-order chi connectivity index (χ0) is 18.6. The highest BCUT2D eigenvalue weighted by molar-refractivity contribution is 5.76. The first kappa shape index (κ1) is 18.2. The molecule has 0 bridgehead atoms. The van der Waals surface area contributed by atoms with Gasteiger partial charge < -0.3 is 4.90 Å². The van der Waals surface area contributed by atoms with Crippen molar-refractivity contribution in [2.75, 3.05) is 26.2 Å². The van der Waals surface area contributed by atoms with Crippen LogP contribution in [0.25, 0.3) is 5.69 Å². The molecule has 0 saturated carbocycles. The van der Waals surface area contributed by atoms with Crippen LogP contribution in [-0.2, 0) is 11.3 Å². The smallest absolute Gasteiger partial charge is 0.222 e. The Morgan fingerprint density at radius 3 is 2.59 bits per heavy atom. The van der Waals surface area contributed by atoms with E-state index in [0.717, 1.165) is 70.5 Å². The van der Waals surface area contributed by atoms with Gasteiger partial charge in [-0.25, -0.2) is 9.07 Å². The molecule has 0 atom stereocenters. The van der Waals surface area contributed by atoms with E-state index >= 15 is 0 Å². The normalized spacial score (nSPS) is 19.6. The average Bonchev–Trinajstić information content (AvgIpc) is 3.14. The van der Waals surface area contributed by atoms with Gasteiger partial charge in [-0.05, 0) is 69.0 Å². The van der Waals surface area contributed by atoms with Crippen LogP contribution in [0.1, 0.15) is 37.7 Å². The van der Waals surface area contributed by atoms with Gasteiger partial charge in [0, 0.05) is 37.8 Å². The number of amides is 1. The number of carbonyl (C=O) groups is 1. The van der Waals surface area contributed by atoms with Gasteiger partial charge in [-0.1, -0.05) is 0 Å². The number of hydrogen-bond acceptors (Lipinski definition) is 3. The van der Waals surface area contributed by atoms with Crippen molar-refractivity contribution in [3.8, 4) is 5.69 Å². The summed E-state index contributed by atoms with van der Waals surface area (Å²) in [5, 5.41) is 4.41. The van der Waals surface area contributed by atoms with Gasteiger partial charge in [0.15, 0.2) is 0 Å². The van der Waals surface area contributed by atoms with Crippen molar-refractivity contribution in [1.29, 1.82) is 0 Å². The molecule has 6 heteroatoms. The zero-order valence-electron chi connectivity index (χ0n) is 15.7. The minimum absolute atomic E-state index is 0.236. The third-order valence-electron chi connectivity index (χ3n) is 5.74. The molecule has 0 spiro atoms. The zero-order valence-corrected chi connectivity index (χ0v) is 15.7. The lowest BCUT2D eigenvalue weighted by Crippen LogP contribution is -2.42. The second-order valence-electron chi connectivity index (χ2n) is 7.79. The summed E-state index contributed by atoms with van der Waals surface area (Å²) >= 11 is 0. The molecule has 27 heavy (non-hydrogen) atoms. The minimum Gasteiger partial charge on any atom is -0.342 e. The van der Waals surface area contributed by atoms with Gasteiger partial charge in [-0.15, -0.1) is 0 Å². The van der Waals surface area contributed by atoms with Crippen molar-refractivity contribution in [3.05, 3.63) is 48.0 Å². The van der Waals surface area contributed by atoms with E-state index in [1.165, 1.54) is 17.7 Å². The molecule has 0 aliphatic carbocycles. The summed E-state index contributed by atoms with van der Waals surface area (Å²) in [5.74, 6) is 0.738. The molecule has 0 N–H and O–H groups in total. The number of hydrogen-bond donors (Lipinski definition) is 0. The third kappa shape index (κ3) is 4.56. The van der Waals surface area contributed by atoms with Crippen molar-refractivity contribution < 1.29 is 9.18 Å². The number of halogens is 1. The predicted molar refractivity (Wildman–Crippen MR) is 102 cm³/mol. The van der Waals surface area contributed by atoms with Gasteiger partial charge in [0.25, 0.3) is 0 Å². The summed E-state index contributed by atoms with van der Waals surface area (Å²) in [6, 6.07) is 6.38. The molecule has 5 nitrogen and oxygen atoms in total. The lowest BCUT2D eigenvalue weighted by atomic mass is 9.95. The van der Waals surface area contributed by atoms with Crippen molar-refractivity contribution in [1.82, 2.24) is 19.6 Å². The fourth-order valence-corrected chi connectivity index (χ4v) is 4.13. The van der Waals surface area contributed by atoms with Crippen LogP contribution >= 0.6 is 0 Å². The van der Waals surface area contributed by atoms with E-state index < -0.39 is 0 Å². The Morgan fingerprint density at radius 2 is 1.85 bits per heavy atom. The SMILES string of the molecule is O=C1CCCCN1CC1CCN(Cc2cnn(-c3ccc(F)cc3)c2)CC1. The van der Waals surface area contributed by atoms with Crippen LogP contribution in [0.2, 0.25) is 0 Å². The fraction of sp³-hybridized carbons (Fsp3) is 0.524. The first-order valence-corrected chi connectivity index (χ1v) is 9.97. The van der Waals surface area contributed by atoms with Gasteiger partial charge >= 0.3 is 0 Å². The maximum Gasteiger partial charge on any atom is 0.222 e. The average molecular weight is 370 g/mol. The van der Waals surface area contributed by atoms with E-state index in [4.69, 9.17) is 0 Å². The van der Waals surface area contributed by atoms with Gasteiger partial charge in [0.1, 0.15) is 5.82 Å². The van der Waals surface area contributed by atoms with E-state index in [0.29, 0.717) is 11.8 Å². The van der Waals surface area contributed by atoms with Gasteiger partial charge in [0.2, 0.25) is 5.91 Å². The first-order chi connectivity index (χ1) is 13.2. The predicted octanol–water partition coefficient (Wildman–Crippen LogP) is 3.24. The number of rotatable bonds is 5. The Balaban J connectivity index is 1.27. The topological polar surface area (TPSA) is 41.4 Å². The summed E-state index contributed by atoms with van der Waals surface area (Å²) < 4.78 is 14.9. The Kier molecular flexibility index (Phi) is 5.53. The standard InChI is InChI=1S/C21H27FN4O/c22-19-4-6-20(7-5-19)26-16-18(13-23-26)14-24-11-8-17(9-12-24)15-25-10-2-1-3-21(25)27/h4-7,13,16-17H,1-3,8-12,14-15H2. The minimum atomic E-state index is -0.236. The summed E-state index contributed by atoms with van der Waals surface area (Å²) in [7, 11) is 0. The second kappa shape index (κ2) is 8.21. The lowest BCUT2D eigenvalue weighted by molar-refractivity contribution is -0.134. The molecular formula is C21H27FN4O. The summed E-state index contributed by atoms with van der Waals surface area (Å²) in [5.41, 5.74) is 2.04. The van der Waals surface area contributed by atoms with E-state index in [1.54, 1.807) is 16.8 Å². The van der Waals surface area contributed by atoms with Crippen LogP contribution in [0.3, 0.4) is 0 Å². The molecule has 4 rings (SSSR count). The van der Waals surface area contributed by atoms with Crippen LogP contribution in [0.15, 0.2) is 36.7 Å². The van der Waals surface area contributed by atoms with Crippen molar-refractivity contribution >= 4 is 5.91 Å². The lowest BCUT2D eigenvalue weighted by Gasteiger charge is -2.36. The monoisotopic (exact) mass is 370 g/mol. The van der Waals surface area contributed by atoms with Crippen molar-refractivity contribution in [2.24, 2.45) is 5.92 Å². The molecule has 2 aliphatic heterocycles. The van der Waals surface area contributed by atoms with Crippen LogP contribution < -0.4 is 0 Å². The van der Waals surface area contributed by atoms with Crippen molar-refractivity contribution in [3.63, 3.8) is 0 Å². The number of aromatic nitrogens is 2. The molecule has 2 aromatic rings. The maximum atomic E-state index is 13.1. The van der Waals surface area contributed by atoms with Crippen molar-refractivity contribution in [2.45, 2.75) is 38.6 Å². The number of piperidine rings is 2. The van der Waals surface area contributed by atoms with Crippen LogP contribution in [0, 0.1) is 11.7 Å². The summed E-state index contributed by atoms with van der Waals surface area (Å²) in [6.45, 7) is 4.90. The maximum absolute atomic E-state index is 13.1. The Hall–Kier alpha value is -2.21. The highest BCUT2D eigenvalue weighted by Gasteiger charge is 2.25. The summed E-state index contributed by atoms with van der Waals surface area (Å²) in [4.78, 5) is 16.5. The van der Waals surface area contributed by atoms with E-state index in [1.807, 2.05) is 12.4 Å². The highest BCUT2D eigenvalue weighted by atomic mass is 19.1. The third-order valence-corrected chi connectivity index (χ3v) is 5.74. The summed E-state index contributed by atoms with van der Waals surface area (Å²) in [6.07, 6.45) is 9.15. The molecule has 1 aromatic carbocycles. The van der Waals surface area contributed by atoms with Gasteiger partial charge in [-0.3, -0.25) is 9.69 Å². The largest absolute Gasteiger partial charge is 0.342 e. The second-order valence-corrected chi connectivity index (χ2v) is 7.79. The van der Waals surface area contributed by atoms with E-state index in [2.05, 4.69) is 14.9 Å². The van der Waals surface area contributed by atoms with E-state index in [-0.39, 0.29) is 5.82 Å². The molecule has 1 amide bonds. The quantitative estimate of drug-likeness (QED) is 0.811. The van der Waals surface area contributed by atoms with Crippen LogP contribution in [0.4, 0.5) is 4.39 Å². The molecule has 2 saturated heterocycles.